The van der Waals surface area contributed by atoms with Gasteiger partial charge in [-0.2, -0.15) is 0 Å². The van der Waals surface area contributed by atoms with Gasteiger partial charge in [-0.05, 0) is 40.5 Å². The summed E-state index contributed by atoms with van der Waals surface area (Å²) in [5.74, 6) is 0.395. The fraction of sp³-hybridized carbons (Fsp3) is 0.500. The molecule has 0 aromatic heterocycles. The Balaban J connectivity index is 3.80. The monoisotopic (exact) mass is 237 g/mol. The van der Waals surface area contributed by atoms with Gasteiger partial charge >= 0.3 is 6.09 Å². The molecule has 0 aliphatic rings. The molecule has 0 heterocycles. The predicted molar refractivity (Wildman–Crippen MR) is 71.7 cm³/mol. The van der Waals surface area contributed by atoms with Crippen LogP contribution in [0.25, 0.3) is 0 Å². The maximum absolute atomic E-state index is 11.1. The van der Waals surface area contributed by atoms with Crippen molar-refractivity contribution in [3.63, 3.8) is 0 Å². The van der Waals surface area contributed by atoms with Gasteiger partial charge in [-0.25, -0.2) is 4.79 Å². The number of carbonyl (C=O) groups excluding carboxylic acids is 1. The van der Waals surface area contributed by atoms with Crippen molar-refractivity contribution in [2.75, 3.05) is 6.54 Å². The molecule has 0 aromatic carbocycles. The normalized spacial score (nSPS) is 10.7. The van der Waals surface area contributed by atoms with Gasteiger partial charge in [0.1, 0.15) is 0 Å². The van der Waals surface area contributed by atoms with Gasteiger partial charge < -0.3 is 10.1 Å². The zero-order valence-electron chi connectivity index (χ0n) is 11.3. The molecule has 0 atom stereocenters. The first-order valence-electron chi connectivity index (χ1n) is 5.82. The lowest BCUT2D eigenvalue weighted by atomic mass is 10.1. The number of allylic oxidation sites excluding steroid dienone is 4. The van der Waals surface area contributed by atoms with E-state index in [9.17, 15) is 4.79 Å². The Morgan fingerprint density at radius 3 is 2.41 bits per heavy atom. The third kappa shape index (κ3) is 10.8. The van der Waals surface area contributed by atoms with Crippen LogP contribution >= 0.6 is 0 Å². The second kappa shape index (κ2) is 8.62. The SMILES string of the molecule is C=C(C)OC(=O)NC/C=C(\C)CCC=C(C)C. The standard InChI is InChI=1S/C14H23NO2/c1-11(2)7-6-8-13(5)9-10-15-14(16)17-12(3)4/h7,9H,3,6,8,10H2,1-2,4-5H3,(H,15,16)/b13-9+. The van der Waals surface area contributed by atoms with E-state index in [0.717, 1.165) is 12.8 Å². The molecule has 0 rings (SSSR count). The maximum atomic E-state index is 11.1. The molecule has 1 N–H and O–H groups in total. The van der Waals surface area contributed by atoms with Crippen LogP contribution in [0.15, 0.2) is 35.6 Å². The summed E-state index contributed by atoms with van der Waals surface area (Å²) >= 11 is 0. The second-order valence-electron chi connectivity index (χ2n) is 4.34. The Kier molecular flexibility index (Phi) is 7.85. The van der Waals surface area contributed by atoms with Crippen LogP contribution in [0.5, 0.6) is 0 Å². The molecule has 0 aromatic rings. The van der Waals surface area contributed by atoms with Crippen molar-refractivity contribution in [2.24, 2.45) is 0 Å². The van der Waals surface area contributed by atoms with Crippen LogP contribution in [0, 0.1) is 0 Å². The van der Waals surface area contributed by atoms with Gasteiger partial charge in [0, 0.05) is 6.54 Å². The highest BCUT2D eigenvalue weighted by molar-refractivity contribution is 5.68. The highest BCUT2D eigenvalue weighted by Crippen LogP contribution is 2.05. The van der Waals surface area contributed by atoms with E-state index in [1.165, 1.54) is 11.1 Å². The van der Waals surface area contributed by atoms with E-state index in [4.69, 9.17) is 4.74 Å². The van der Waals surface area contributed by atoms with Crippen molar-refractivity contribution in [1.29, 1.82) is 0 Å². The lowest BCUT2D eigenvalue weighted by Gasteiger charge is -2.04. The summed E-state index contributed by atoms with van der Waals surface area (Å²) in [5, 5.41) is 2.63. The van der Waals surface area contributed by atoms with Gasteiger partial charge in [0.2, 0.25) is 0 Å². The molecular weight excluding hydrogens is 214 g/mol. The number of ether oxygens (including phenoxy) is 1. The molecule has 1 amide bonds. The molecule has 96 valence electrons. The van der Waals surface area contributed by atoms with E-state index in [1.807, 2.05) is 6.08 Å². The quantitative estimate of drug-likeness (QED) is 0.561. The number of carbonyl (C=O) groups is 1. The number of hydrogen-bond acceptors (Lipinski definition) is 2. The number of rotatable bonds is 6. The van der Waals surface area contributed by atoms with E-state index in [2.05, 4.69) is 38.7 Å². The number of nitrogens with one attached hydrogen (secondary N) is 1. The van der Waals surface area contributed by atoms with E-state index in [-0.39, 0.29) is 0 Å². The van der Waals surface area contributed by atoms with E-state index in [0.29, 0.717) is 12.3 Å². The molecule has 0 unspecified atom stereocenters. The van der Waals surface area contributed by atoms with E-state index < -0.39 is 6.09 Å². The number of amides is 1. The van der Waals surface area contributed by atoms with Crippen LogP contribution in [-0.4, -0.2) is 12.6 Å². The average Bonchev–Trinajstić information content (AvgIpc) is 2.15. The lowest BCUT2D eigenvalue weighted by molar-refractivity contribution is 0.178. The summed E-state index contributed by atoms with van der Waals surface area (Å²) < 4.78 is 4.76. The van der Waals surface area contributed by atoms with Gasteiger partial charge in [-0.15, -0.1) is 0 Å². The van der Waals surface area contributed by atoms with Gasteiger partial charge in [-0.1, -0.05) is 29.9 Å². The molecule has 0 fully saturated rings. The van der Waals surface area contributed by atoms with Crippen molar-refractivity contribution in [3.8, 4) is 0 Å². The molecule has 0 aliphatic heterocycles. The van der Waals surface area contributed by atoms with Crippen LogP contribution in [0.2, 0.25) is 0 Å². The second-order valence-corrected chi connectivity index (χ2v) is 4.34. The Hall–Kier alpha value is -1.51. The minimum Gasteiger partial charge on any atom is -0.416 e. The van der Waals surface area contributed by atoms with E-state index in [1.54, 1.807) is 6.92 Å². The van der Waals surface area contributed by atoms with Gasteiger partial charge in [0.15, 0.2) is 0 Å². The summed E-state index contributed by atoms with van der Waals surface area (Å²) in [4.78, 5) is 11.1. The van der Waals surface area contributed by atoms with Crippen LogP contribution in [0.4, 0.5) is 4.79 Å². The highest BCUT2D eigenvalue weighted by atomic mass is 16.6. The Morgan fingerprint density at radius 1 is 1.24 bits per heavy atom. The zero-order valence-corrected chi connectivity index (χ0v) is 11.3. The van der Waals surface area contributed by atoms with E-state index >= 15 is 0 Å². The maximum Gasteiger partial charge on any atom is 0.412 e. The van der Waals surface area contributed by atoms with Gasteiger partial charge in [-0.3, -0.25) is 0 Å². The Labute approximate surface area is 104 Å². The Bertz CT molecular complexity index is 323. The Morgan fingerprint density at radius 2 is 1.88 bits per heavy atom. The molecule has 0 radical (unpaired) electrons. The van der Waals surface area contributed by atoms with Crippen LogP contribution < -0.4 is 5.32 Å². The molecule has 0 spiro atoms. The van der Waals surface area contributed by atoms with Crippen molar-refractivity contribution >= 4 is 6.09 Å². The molecule has 0 aliphatic carbocycles. The summed E-state index contributed by atoms with van der Waals surface area (Å²) in [6.45, 7) is 11.9. The first kappa shape index (κ1) is 15.5. The highest BCUT2D eigenvalue weighted by Gasteiger charge is 1.99. The van der Waals surface area contributed by atoms with Gasteiger partial charge in [0.25, 0.3) is 0 Å². The molecule has 0 saturated heterocycles. The van der Waals surface area contributed by atoms with Crippen molar-refractivity contribution in [3.05, 3.63) is 35.6 Å². The first-order chi connectivity index (χ1) is 7.91. The molecular formula is C14H23NO2. The van der Waals surface area contributed by atoms with Crippen LogP contribution in [0.3, 0.4) is 0 Å². The van der Waals surface area contributed by atoms with Crippen molar-refractivity contribution < 1.29 is 9.53 Å². The largest absolute Gasteiger partial charge is 0.416 e. The fourth-order valence-electron chi connectivity index (χ4n) is 1.19. The van der Waals surface area contributed by atoms with Gasteiger partial charge in [0.05, 0.1) is 5.76 Å². The van der Waals surface area contributed by atoms with Crippen molar-refractivity contribution in [2.45, 2.75) is 40.5 Å². The third-order valence-electron chi connectivity index (χ3n) is 2.06. The minimum atomic E-state index is -0.453. The topological polar surface area (TPSA) is 38.3 Å². The fourth-order valence-corrected chi connectivity index (χ4v) is 1.19. The summed E-state index contributed by atoms with van der Waals surface area (Å²) in [7, 11) is 0. The minimum absolute atomic E-state index is 0.395. The van der Waals surface area contributed by atoms with Crippen LogP contribution in [-0.2, 0) is 4.74 Å². The molecule has 3 nitrogen and oxygen atoms in total. The summed E-state index contributed by atoms with van der Waals surface area (Å²) in [6.07, 6.45) is 5.81. The zero-order chi connectivity index (χ0) is 13.3. The van der Waals surface area contributed by atoms with Crippen molar-refractivity contribution in [1.82, 2.24) is 5.32 Å². The number of hydrogen-bond donors (Lipinski definition) is 1. The molecule has 0 bridgehead atoms. The predicted octanol–water partition coefficient (Wildman–Crippen LogP) is 3.94. The summed E-state index contributed by atoms with van der Waals surface area (Å²) in [6, 6.07) is 0. The van der Waals surface area contributed by atoms with Crippen LogP contribution in [0.1, 0.15) is 40.5 Å². The lowest BCUT2D eigenvalue weighted by Crippen LogP contribution is -2.23. The first-order valence-corrected chi connectivity index (χ1v) is 5.82. The molecule has 3 heteroatoms. The molecule has 17 heavy (non-hydrogen) atoms. The third-order valence-corrected chi connectivity index (χ3v) is 2.06. The molecule has 0 saturated carbocycles. The smallest absolute Gasteiger partial charge is 0.412 e. The number of alkyl carbamates (subject to hydrolysis) is 1. The summed E-state index contributed by atoms with van der Waals surface area (Å²) in [5.41, 5.74) is 2.60. The average molecular weight is 237 g/mol.